The summed E-state index contributed by atoms with van der Waals surface area (Å²) in [6, 6.07) is 13.6. The zero-order chi connectivity index (χ0) is 15.0. The number of aryl methyl sites for hydroxylation is 2. The van der Waals surface area contributed by atoms with Crippen molar-refractivity contribution in [2.75, 3.05) is 5.73 Å². The van der Waals surface area contributed by atoms with Gasteiger partial charge >= 0.3 is 0 Å². The first-order valence-electron chi connectivity index (χ1n) is 6.64. The molecule has 0 aliphatic heterocycles. The van der Waals surface area contributed by atoms with Crippen molar-refractivity contribution in [1.82, 2.24) is 4.98 Å². The van der Waals surface area contributed by atoms with Crippen molar-refractivity contribution in [1.29, 1.82) is 0 Å². The molecule has 0 radical (unpaired) electrons. The van der Waals surface area contributed by atoms with Crippen LogP contribution in [0.3, 0.4) is 0 Å². The molecule has 3 nitrogen and oxygen atoms in total. The average Bonchev–Trinajstić information content (AvgIpc) is 2.43. The standard InChI is InChI=1S/C17H15BrN2O/c1-10-3-4-12(18)8-16(10)21-17-7-11(2)20-15-6-5-13(19)9-14(15)17/h3-9H,19H2,1-2H3. The monoisotopic (exact) mass is 342 g/mol. The van der Waals surface area contributed by atoms with Gasteiger partial charge in [-0.05, 0) is 49.7 Å². The van der Waals surface area contributed by atoms with Crippen molar-refractivity contribution in [3.8, 4) is 11.5 Å². The fourth-order valence-corrected chi connectivity index (χ4v) is 2.57. The second kappa shape index (κ2) is 5.37. The summed E-state index contributed by atoms with van der Waals surface area (Å²) < 4.78 is 7.10. The lowest BCUT2D eigenvalue weighted by Crippen LogP contribution is -1.93. The number of nitrogen functional groups attached to an aromatic ring is 1. The largest absolute Gasteiger partial charge is 0.456 e. The Morgan fingerprint density at radius 1 is 1.00 bits per heavy atom. The van der Waals surface area contributed by atoms with Gasteiger partial charge in [0.15, 0.2) is 0 Å². The molecular formula is C17H15BrN2O. The van der Waals surface area contributed by atoms with E-state index in [1.54, 1.807) is 0 Å². The van der Waals surface area contributed by atoms with Crippen molar-refractivity contribution in [3.05, 3.63) is 58.2 Å². The number of ether oxygens (including phenoxy) is 1. The van der Waals surface area contributed by atoms with E-state index in [2.05, 4.69) is 20.9 Å². The van der Waals surface area contributed by atoms with E-state index in [-0.39, 0.29) is 0 Å². The van der Waals surface area contributed by atoms with Crippen LogP contribution in [0.4, 0.5) is 5.69 Å². The molecule has 21 heavy (non-hydrogen) atoms. The summed E-state index contributed by atoms with van der Waals surface area (Å²) in [6.07, 6.45) is 0. The summed E-state index contributed by atoms with van der Waals surface area (Å²) in [7, 11) is 0. The van der Waals surface area contributed by atoms with E-state index in [4.69, 9.17) is 10.5 Å². The molecule has 0 fully saturated rings. The van der Waals surface area contributed by atoms with Gasteiger partial charge in [0, 0.05) is 27.3 Å². The molecule has 106 valence electrons. The van der Waals surface area contributed by atoms with E-state index in [1.165, 1.54) is 0 Å². The molecule has 0 unspecified atom stereocenters. The number of hydrogen-bond acceptors (Lipinski definition) is 3. The van der Waals surface area contributed by atoms with Gasteiger partial charge in [-0.25, -0.2) is 0 Å². The highest BCUT2D eigenvalue weighted by molar-refractivity contribution is 9.10. The number of halogens is 1. The molecule has 3 rings (SSSR count). The van der Waals surface area contributed by atoms with E-state index in [0.717, 1.165) is 38.1 Å². The summed E-state index contributed by atoms with van der Waals surface area (Å²) in [5.41, 5.74) is 9.45. The zero-order valence-electron chi connectivity index (χ0n) is 11.9. The van der Waals surface area contributed by atoms with Gasteiger partial charge in [-0.2, -0.15) is 0 Å². The van der Waals surface area contributed by atoms with Gasteiger partial charge in [-0.15, -0.1) is 0 Å². The Morgan fingerprint density at radius 2 is 1.81 bits per heavy atom. The third-order valence-electron chi connectivity index (χ3n) is 3.29. The van der Waals surface area contributed by atoms with Crippen LogP contribution in [0.15, 0.2) is 46.9 Å². The number of benzene rings is 2. The molecule has 4 heteroatoms. The molecule has 0 saturated carbocycles. The second-order valence-corrected chi connectivity index (χ2v) is 5.97. The molecule has 0 aliphatic rings. The zero-order valence-corrected chi connectivity index (χ0v) is 13.4. The summed E-state index contributed by atoms with van der Waals surface area (Å²) in [6.45, 7) is 3.97. The molecule has 2 N–H and O–H groups in total. The highest BCUT2D eigenvalue weighted by Gasteiger charge is 2.09. The Balaban J connectivity index is 2.15. The van der Waals surface area contributed by atoms with Crippen molar-refractivity contribution in [3.63, 3.8) is 0 Å². The lowest BCUT2D eigenvalue weighted by Gasteiger charge is -2.12. The number of nitrogens with two attached hydrogens (primary N) is 1. The molecular weight excluding hydrogens is 328 g/mol. The summed E-state index contributed by atoms with van der Waals surface area (Å²) in [5.74, 6) is 1.59. The van der Waals surface area contributed by atoms with E-state index >= 15 is 0 Å². The van der Waals surface area contributed by atoms with Gasteiger partial charge in [-0.1, -0.05) is 22.0 Å². The fourth-order valence-electron chi connectivity index (χ4n) is 2.23. The maximum atomic E-state index is 6.11. The molecule has 2 aromatic carbocycles. The molecule has 3 aromatic rings. The Hall–Kier alpha value is -2.07. The van der Waals surface area contributed by atoms with Crippen LogP contribution in [0.2, 0.25) is 0 Å². The smallest absolute Gasteiger partial charge is 0.138 e. The van der Waals surface area contributed by atoms with Crippen LogP contribution in [0.5, 0.6) is 11.5 Å². The number of anilines is 1. The van der Waals surface area contributed by atoms with Crippen LogP contribution in [0, 0.1) is 13.8 Å². The number of pyridine rings is 1. The van der Waals surface area contributed by atoms with Crippen LogP contribution in [-0.4, -0.2) is 4.98 Å². The molecule has 1 heterocycles. The van der Waals surface area contributed by atoms with Gasteiger partial charge in [0.1, 0.15) is 11.5 Å². The van der Waals surface area contributed by atoms with Crippen LogP contribution in [-0.2, 0) is 0 Å². The van der Waals surface area contributed by atoms with Crippen molar-refractivity contribution >= 4 is 32.5 Å². The maximum Gasteiger partial charge on any atom is 0.138 e. The molecule has 0 atom stereocenters. The third-order valence-corrected chi connectivity index (χ3v) is 3.79. The van der Waals surface area contributed by atoms with E-state index in [1.807, 2.05) is 56.3 Å². The Morgan fingerprint density at radius 3 is 2.62 bits per heavy atom. The Kier molecular flexibility index (Phi) is 3.55. The van der Waals surface area contributed by atoms with E-state index in [0.29, 0.717) is 5.69 Å². The summed E-state index contributed by atoms with van der Waals surface area (Å²) >= 11 is 3.47. The summed E-state index contributed by atoms with van der Waals surface area (Å²) in [4.78, 5) is 4.51. The van der Waals surface area contributed by atoms with Crippen molar-refractivity contribution < 1.29 is 4.74 Å². The predicted molar refractivity (Wildman–Crippen MR) is 89.8 cm³/mol. The maximum absolute atomic E-state index is 6.11. The minimum absolute atomic E-state index is 0.698. The quantitative estimate of drug-likeness (QED) is 0.667. The van der Waals surface area contributed by atoms with E-state index in [9.17, 15) is 0 Å². The van der Waals surface area contributed by atoms with E-state index < -0.39 is 0 Å². The average molecular weight is 343 g/mol. The highest BCUT2D eigenvalue weighted by atomic mass is 79.9. The van der Waals surface area contributed by atoms with Gasteiger partial charge in [0.2, 0.25) is 0 Å². The minimum atomic E-state index is 0.698. The lowest BCUT2D eigenvalue weighted by molar-refractivity contribution is 0.483. The first kappa shape index (κ1) is 13.9. The Bertz CT molecular complexity index is 830. The van der Waals surface area contributed by atoms with Gasteiger partial charge < -0.3 is 10.5 Å². The molecule has 0 amide bonds. The third kappa shape index (κ3) is 2.85. The number of nitrogens with zero attached hydrogens (tertiary/aromatic N) is 1. The van der Waals surface area contributed by atoms with Crippen LogP contribution in [0.1, 0.15) is 11.3 Å². The molecule has 0 saturated heterocycles. The minimum Gasteiger partial charge on any atom is -0.456 e. The van der Waals surface area contributed by atoms with Crippen molar-refractivity contribution in [2.24, 2.45) is 0 Å². The first-order valence-corrected chi connectivity index (χ1v) is 7.43. The molecule has 1 aromatic heterocycles. The van der Waals surface area contributed by atoms with Gasteiger partial charge in [-0.3, -0.25) is 4.98 Å². The second-order valence-electron chi connectivity index (χ2n) is 5.05. The van der Waals surface area contributed by atoms with Crippen LogP contribution >= 0.6 is 15.9 Å². The predicted octanol–water partition coefficient (Wildman–Crippen LogP) is 4.99. The number of hydrogen-bond donors (Lipinski definition) is 1. The molecule has 0 spiro atoms. The highest BCUT2D eigenvalue weighted by Crippen LogP contribution is 2.33. The lowest BCUT2D eigenvalue weighted by atomic mass is 10.1. The number of fused-ring (bicyclic) bond motifs is 1. The van der Waals surface area contributed by atoms with Gasteiger partial charge in [0.25, 0.3) is 0 Å². The molecule has 0 bridgehead atoms. The number of aromatic nitrogens is 1. The fraction of sp³-hybridized carbons (Fsp3) is 0.118. The Labute approximate surface area is 131 Å². The number of rotatable bonds is 2. The molecule has 0 aliphatic carbocycles. The topological polar surface area (TPSA) is 48.1 Å². The normalized spacial score (nSPS) is 10.8. The van der Waals surface area contributed by atoms with Crippen LogP contribution in [0.25, 0.3) is 10.9 Å². The SMILES string of the molecule is Cc1cc(Oc2cc(Br)ccc2C)c2cc(N)ccc2n1. The first-order chi connectivity index (χ1) is 10.0. The van der Waals surface area contributed by atoms with Crippen LogP contribution < -0.4 is 10.5 Å². The van der Waals surface area contributed by atoms with Crippen molar-refractivity contribution in [2.45, 2.75) is 13.8 Å². The summed E-state index contributed by atoms with van der Waals surface area (Å²) in [5, 5.41) is 0.917. The van der Waals surface area contributed by atoms with Gasteiger partial charge in [0.05, 0.1) is 5.52 Å².